The molecule has 2 atom stereocenters. The predicted molar refractivity (Wildman–Crippen MR) is 77.0 cm³/mol. The van der Waals surface area contributed by atoms with E-state index in [0.29, 0.717) is 5.92 Å². The van der Waals surface area contributed by atoms with Gasteiger partial charge in [0.25, 0.3) is 0 Å². The van der Waals surface area contributed by atoms with Crippen LogP contribution in [0.2, 0.25) is 0 Å². The maximum Gasteiger partial charge on any atom is 0.105 e. The molecule has 0 saturated heterocycles. The van der Waals surface area contributed by atoms with Crippen molar-refractivity contribution < 1.29 is 5.11 Å². The van der Waals surface area contributed by atoms with Gasteiger partial charge < -0.3 is 14.6 Å². The van der Waals surface area contributed by atoms with Crippen LogP contribution in [0, 0.1) is 12.8 Å². The summed E-state index contributed by atoms with van der Waals surface area (Å²) in [5, 5.41) is 9.83. The summed E-state index contributed by atoms with van der Waals surface area (Å²) in [5.74, 6) is 1.60. The Morgan fingerprint density at radius 2 is 2.26 bits per heavy atom. The quantitative estimate of drug-likeness (QED) is 0.767. The molecule has 1 heterocycles. The zero-order valence-electron chi connectivity index (χ0n) is 12.3. The third kappa shape index (κ3) is 4.32. The lowest BCUT2D eigenvalue weighted by molar-refractivity contribution is 0.109. The smallest absolute Gasteiger partial charge is 0.105 e. The Morgan fingerprint density at radius 1 is 1.42 bits per heavy atom. The SMILES string of the molecule is Cc1nccn1CCCCN(C)CC1CCCC1O. The average molecular weight is 265 g/mol. The van der Waals surface area contributed by atoms with Crippen LogP contribution in [0.3, 0.4) is 0 Å². The predicted octanol–water partition coefficient (Wildman–Crippen LogP) is 2.06. The van der Waals surface area contributed by atoms with Crippen LogP contribution in [0.5, 0.6) is 0 Å². The number of rotatable bonds is 7. The van der Waals surface area contributed by atoms with Crippen molar-refractivity contribution in [2.24, 2.45) is 5.92 Å². The van der Waals surface area contributed by atoms with E-state index in [1.54, 1.807) is 0 Å². The van der Waals surface area contributed by atoms with Crippen molar-refractivity contribution in [3.63, 3.8) is 0 Å². The number of hydrogen-bond donors (Lipinski definition) is 1. The number of aromatic nitrogens is 2. The van der Waals surface area contributed by atoms with Gasteiger partial charge in [-0.15, -0.1) is 0 Å². The van der Waals surface area contributed by atoms with Crippen LogP contribution >= 0.6 is 0 Å². The highest BCUT2D eigenvalue weighted by Gasteiger charge is 2.25. The molecule has 0 bridgehead atoms. The molecule has 0 radical (unpaired) electrons. The van der Waals surface area contributed by atoms with Gasteiger partial charge in [-0.25, -0.2) is 4.98 Å². The van der Waals surface area contributed by atoms with Crippen molar-refractivity contribution in [3.05, 3.63) is 18.2 Å². The number of hydrogen-bond acceptors (Lipinski definition) is 3. The zero-order valence-corrected chi connectivity index (χ0v) is 12.3. The van der Waals surface area contributed by atoms with Crippen molar-refractivity contribution in [1.82, 2.24) is 14.5 Å². The van der Waals surface area contributed by atoms with Crippen molar-refractivity contribution in [2.75, 3.05) is 20.1 Å². The largest absolute Gasteiger partial charge is 0.393 e. The highest BCUT2D eigenvalue weighted by atomic mass is 16.3. The lowest BCUT2D eigenvalue weighted by Crippen LogP contribution is -2.30. The summed E-state index contributed by atoms with van der Waals surface area (Å²) in [5.41, 5.74) is 0. The Labute approximate surface area is 116 Å². The van der Waals surface area contributed by atoms with E-state index in [0.717, 1.165) is 31.9 Å². The zero-order chi connectivity index (χ0) is 13.7. The summed E-state index contributed by atoms with van der Waals surface area (Å²) in [6.45, 7) is 5.28. The maximum absolute atomic E-state index is 9.83. The first-order valence-electron chi connectivity index (χ1n) is 7.51. The van der Waals surface area contributed by atoms with E-state index >= 15 is 0 Å². The van der Waals surface area contributed by atoms with Gasteiger partial charge in [-0.05, 0) is 52.1 Å². The fourth-order valence-electron chi connectivity index (χ4n) is 3.03. The second-order valence-corrected chi connectivity index (χ2v) is 5.90. The molecule has 0 spiro atoms. The summed E-state index contributed by atoms with van der Waals surface area (Å²) >= 11 is 0. The molecule has 0 amide bonds. The van der Waals surface area contributed by atoms with E-state index in [4.69, 9.17) is 0 Å². The Morgan fingerprint density at radius 3 is 2.89 bits per heavy atom. The summed E-state index contributed by atoms with van der Waals surface area (Å²) in [7, 11) is 2.17. The first-order valence-corrected chi connectivity index (χ1v) is 7.51. The molecule has 1 aromatic heterocycles. The molecule has 19 heavy (non-hydrogen) atoms. The number of unbranched alkanes of at least 4 members (excludes halogenated alkanes) is 1. The van der Waals surface area contributed by atoms with Gasteiger partial charge in [-0.2, -0.15) is 0 Å². The van der Waals surface area contributed by atoms with E-state index in [-0.39, 0.29) is 6.10 Å². The van der Waals surface area contributed by atoms with Crippen LogP contribution in [-0.2, 0) is 6.54 Å². The Balaban J connectivity index is 1.59. The fourth-order valence-corrected chi connectivity index (χ4v) is 3.03. The third-order valence-corrected chi connectivity index (χ3v) is 4.28. The molecule has 1 saturated carbocycles. The van der Waals surface area contributed by atoms with Gasteiger partial charge in [0.2, 0.25) is 0 Å². The molecule has 2 rings (SSSR count). The summed E-state index contributed by atoms with van der Waals surface area (Å²) in [6.07, 6.45) is 9.64. The Hall–Kier alpha value is -0.870. The number of imidazole rings is 1. The summed E-state index contributed by atoms with van der Waals surface area (Å²) in [4.78, 5) is 6.61. The molecular formula is C15H27N3O. The van der Waals surface area contributed by atoms with Gasteiger partial charge in [-0.3, -0.25) is 0 Å². The summed E-state index contributed by atoms with van der Waals surface area (Å²) in [6, 6.07) is 0. The second-order valence-electron chi connectivity index (χ2n) is 5.90. The fraction of sp³-hybridized carbons (Fsp3) is 0.800. The third-order valence-electron chi connectivity index (χ3n) is 4.28. The minimum absolute atomic E-state index is 0.0592. The monoisotopic (exact) mass is 265 g/mol. The topological polar surface area (TPSA) is 41.3 Å². The first kappa shape index (κ1) is 14.5. The van der Waals surface area contributed by atoms with Crippen molar-refractivity contribution >= 4 is 0 Å². The number of aliphatic hydroxyl groups excluding tert-OH is 1. The molecular weight excluding hydrogens is 238 g/mol. The molecule has 108 valence electrons. The minimum Gasteiger partial charge on any atom is -0.393 e. The van der Waals surface area contributed by atoms with Gasteiger partial charge in [0, 0.05) is 25.5 Å². The van der Waals surface area contributed by atoms with Crippen LogP contribution in [-0.4, -0.2) is 45.8 Å². The molecule has 4 heteroatoms. The van der Waals surface area contributed by atoms with Crippen molar-refractivity contribution in [2.45, 2.75) is 51.7 Å². The van der Waals surface area contributed by atoms with E-state index < -0.39 is 0 Å². The normalized spacial score (nSPS) is 23.4. The molecule has 4 nitrogen and oxygen atoms in total. The highest BCUT2D eigenvalue weighted by molar-refractivity contribution is 4.88. The van der Waals surface area contributed by atoms with Gasteiger partial charge in [0.15, 0.2) is 0 Å². The van der Waals surface area contributed by atoms with Gasteiger partial charge in [0.05, 0.1) is 6.10 Å². The molecule has 1 fully saturated rings. The molecule has 1 N–H and O–H groups in total. The van der Waals surface area contributed by atoms with E-state index in [9.17, 15) is 5.11 Å². The van der Waals surface area contributed by atoms with Gasteiger partial charge >= 0.3 is 0 Å². The van der Waals surface area contributed by atoms with Crippen LogP contribution in [0.1, 0.15) is 37.9 Å². The first-order chi connectivity index (χ1) is 9.16. The van der Waals surface area contributed by atoms with Crippen LogP contribution in [0.25, 0.3) is 0 Å². The number of nitrogens with zero attached hydrogens (tertiary/aromatic N) is 3. The van der Waals surface area contributed by atoms with Crippen LogP contribution in [0.4, 0.5) is 0 Å². The van der Waals surface area contributed by atoms with Crippen LogP contribution in [0.15, 0.2) is 12.4 Å². The highest BCUT2D eigenvalue weighted by Crippen LogP contribution is 2.25. The van der Waals surface area contributed by atoms with Gasteiger partial charge in [0.1, 0.15) is 5.82 Å². The Kier molecular flexibility index (Phi) is 5.40. The average Bonchev–Trinajstić information content (AvgIpc) is 2.95. The van der Waals surface area contributed by atoms with Crippen molar-refractivity contribution in [3.8, 4) is 0 Å². The number of aryl methyl sites for hydroxylation is 2. The lowest BCUT2D eigenvalue weighted by Gasteiger charge is -2.23. The Bertz CT molecular complexity index is 377. The van der Waals surface area contributed by atoms with E-state index in [2.05, 4.69) is 21.5 Å². The second kappa shape index (κ2) is 7.06. The summed E-state index contributed by atoms with van der Waals surface area (Å²) < 4.78 is 2.21. The van der Waals surface area contributed by atoms with Crippen LogP contribution < -0.4 is 0 Å². The maximum atomic E-state index is 9.83. The van der Waals surface area contributed by atoms with Gasteiger partial charge in [-0.1, -0.05) is 6.42 Å². The minimum atomic E-state index is -0.0592. The molecule has 1 aromatic rings. The van der Waals surface area contributed by atoms with E-state index in [1.165, 1.54) is 25.7 Å². The molecule has 1 aliphatic rings. The standard InChI is InChI=1S/C15H27N3O/c1-13-16-8-11-18(13)10-4-3-9-17(2)12-14-6-5-7-15(14)19/h8,11,14-15,19H,3-7,9-10,12H2,1-2H3. The molecule has 0 aromatic carbocycles. The molecule has 1 aliphatic carbocycles. The van der Waals surface area contributed by atoms with E-state index in [1.807, 2.05) is 19.3 Å². The van der Waals surface area contributed by atoms with Crippen molar-refractivity contribution in [1.29, 1.82) is 0 Å². The molecule has 0 aliphatic heterocycles. The lowest BCUT2D eigenvalue weighted by atomic mass is 10.1. The number of aliphatic hydroxyl groups is 1. The molecule has 2 unspecified atom stereocenters.